The minimum absolute atomic E-state index is 0.702. The number of carbonyl (C=O) groups excluding carboxylic acids is 2. The third-order valence-corrected chi connectivity index (χ3v) is 10.1. The van der Waals surface area contributed by atoms with Gasteiger partial charge in [-0.3, -0.25) is 14.1 Å². The van der Waals surface area contributed by atoms with E-state index >= 15 is 0 Å². The first-order chi connectivity index (χ1) is 23.3. The van der Waals surface area contributed by atoms with Crippen LogP contribution in [0.3, 0.4) is 0 Å². The highest BCUT2D eigenvalue weighted by molar-refractivity contribution is 7.87. The molecule has 0 aromatic carbocycles. The second kappa shape index (κ2) is 35.2. The minimum atomic E-state index is -4.83. The summed E-state index contributed by atoms with van der Waals surface area (Å²) in [5.41, 5.74) is 0. The van der Waals surface area contributed by atoms with Gasteiger partial charge in [-0.25, -0.2) is 0 Å². The maximum atomic E-state index is 12.3. The van der Waals surface area contributed by atoms with E-state index in [0.29, 0.717) is 6.42 Å². The van der Waals surface area contributed by atoms with Crippen LogP contribution in [0.4, 0.5) is 0 Å². The van der Waals surface area contributed by atoms with Crippen molar-refractivity contribution in [2.45, 2.75) is 218 Å². The van der Waals surface area contributed by atoms with E-state index in [1.165, 1.54) is 160 Å². The van der Waals surface area contributed by atoms with Gasteiger partial charge in [-0.1, -0.05) is 181 Å². The first-order valence-electron chi connectivity index (χ1n) is 20.0. The molecule has 0 aromatic heterocycles. The topological polar surface area (TPSA) is 107 Å². The molecule has 1 atom stereocenters. The SMILES string of the molecule is CCCCCCCCCCCCCCCC/C=C/OC(=O)CC(C(=O)O/C=C/CCCCCCCCCCCCCCCC)S(=O)(=O)O. The lowest BCUT2D eigenvalue weighted by Gasteiger charge is -2.10. The normalized spacial score (nSPS) is 12.6. The number of unbranched alkanes of at least 4 members (excludes halogenated alkanes) is 28. The zero-order valence-electron chi connectivity index (χ0n) is 31.1. The molecule has 0 bridgehead atoms. The smallest absolute Gasteiger partial charge is 0.332 e. The standard InChI is InChI=1S/C40H74O7S/c1-3-5-7-9-11-13-15-17-19-21-23-25-27-29-31-33-35-46-39(41)37-38(48(43,44)45)40(42)47-36-34-32-30-28-26-24-22-20-18-16-14-12-10-8-6-4-2/h33-36,38H,3-32,37H2,1-2H3,(H,43,44,45)/b35-33+,36-34+. The van der Waals surface area contributed by atoms with Gasteiger partial charge >= 0.3 is 11.9 Å². The number of hydrogen-bond acceptors (Lipinski definition) is 6. The lowest BCUT2D eigenvalue weighted by molar-refractivity contribution is -0.144. The monoisotopic (exact) mass is 699 g/mol. The lowest BCUT2D eigenvalue weighted by atomic mass is 10.0. The van der Waals surface area contributed by atoms with Crippen molar-refractivity contribution in [3.05, 3.63) is 24.7 Å². The van der Waals surface area contributed by atoms with E-state index in [-0.39, 0.29) is 0 Å². The number of carbonyl (C=O) groups is 2. The molecule has 0 spiro atoms. The van der Waals surface area contributed by atoms with Crippen LogP contribution in [0.25, 0.3) is 0 Å². The average molecular weight is 699 g/mol. The van der Waals surface area contributed by atoms with Gasteiger partial charge in [-0.2, -0.15) is 8.42 Å². The van der Waals surface area contributed by atoms with Crippen LogP contribution in [-0.2, 0) is 29.2 Å². The molecule has 0 aliphatic carbocycles. The Bertz CT molecular complexity index is 897. The quantitative estimate of drug-likeness (QED) is 0.0300. The first-order valence-corrected chi connectivity index (χ1v) is 21.5. The molecule has 0 fully saturated rings. The van der Waals surface area contributed by atoms with Gasteiger partial charge < -0.3 is 9.47 Å². The van der Waals surface area contributed by atoms with Crippen molar-refractivity contribution >= 4 is 22.1 Å². The van der Waals surface area contributed by atoms with Crippen molar-refractivity contribution in [2.24, 2.45) is 0 Å². The van der Waals surface area contributed by atoms with Gasteiger partial charge in [-0.05, 0) is 37.8 Å². The van der Waals surface area contributed by atoms with Gasteiger partial charge in [0.25, 0.3) is 10.1 Å². The van der Waals surface area contributed by atoms with Crippen LogP contribution in [0.5, 0.6) is 0 Å². The maximum absolute atomic E-state index is 12.3. The maximum Gasteiger partial charge on any atom is 0.332 e. The summed E-state index contributed by atoms with van der Waals surface area (Å²) >= 11 is 0. The molecular formula is C40H74O7S. The molecule has 1 unspecified atom stereocenters. The number of ether oxygens (including phenoxy) is 2. The predicted molar refractivity (Wildman–Crippen MR) is 200 cm³/mol. The summed E-state index contributed by atoms with van der Waals surface area (Å²) < 4.78 is 42.8. The molecule has 48 heavy (non-hydrogen) atoms. The fourth-order valence-electron chi connectivity index (χ4n) is 5.87. The van der Waals surface area contributed by atoms with Crippen LogP contribution >= 0.6 is 0 Å². The molecule has 0 saturated heterocycles. The molecule has 8 heteroatoms. The number of allylic oxidation sites excluding steroid dienone is 2. The Morgan fingerprint density at radius 3 is 1.10 bits per heavy atom. The van der Waals surface area contributed by atoms with Gasteiger partial charge in [0, 0.05) is 0 Å². The Kier molecular flexibility index (Phi) is 33.9. The van der Waals surface area contributed by atoms with E-state index in [1.807, 2.05) is 0 Å². The number of esters is 2. The summed E-state index contributed by atoms with van der Waals surface area (Å²) in [6, 6.07) is 0. The van der Waals surface area contributed by atoms with Crippen molar-refractivity contribution < 1.29 is 32.0 Å². The van der Waals surface area contributed by atoms with Crippen LogP contribution in [0.2, 0.25) is 0 Å². The molecule has 0 aliphatic rings. The second-order valence-electron chi connectivity index (χ2n) is 13.6. The molecule has 0 saturated carbocycles. The van der Waals surface area contributed by atoms with E-state index in [0.717, 1.165) is 38.4 Å². The molecule has 7 nitrogen and oxygen atoms in total. The second-order valence-corrected chi connectivity index (χ2v) is 15.2. The summed E-state index contributed by atoms with van der Waals surface area (Å²) in [6.45, 7) is 4.51. The average Bonchev–Trinajstić information content (AvgIpc) is 3.05. The van der Waals surface area contributed by atoms with Gasteiger partial charge in [0.1, 0.15) is 0 Å². The van der Waals surface area contributed by atoms with Crippen LogP contribution < -0.4 is 0 Å². The van der Waals surface area contributed by atoms with Gasteiger partial charge in [0.05, 0.1) is 18.9 Å². The number of rotatable bonds is 36. The zero-order valence-corrected chi connectivity index (χ0v) is 31.9. The lowest BCUT2D eigenvalue weighted by Crippen LogP contribution is -2.33. The summed E-state index contributed by atoms with van der Waals surface area (Å²) in [4.78, 5) is 24.4. The van der Waals surface area contributed by atoms with Gasteiger partial charge in [0.15, 0.2) is 5.25 Å². The highest BCUT2D eigenvalue weighted by Crippen LogP contribution is 2.15. The Morgan fingerprint density at radius 1 is 0.500 bits per heavy atom. The Balaban J connectivity index is 3.86. The molecule has 1 N–H and O–H groups in total. The van der Waals surface area contributed by atoms with Crippen LogP contribution in [0, 0.1) is 0 Å². The van der Waals surface area contributed by atoms with Crippen molar-refractivity contribution in [2.75, 3.05) is 0 Å². The first kappa shape index (κ1) is 46.3. The predicted octanol–water partition coefficient (Wildman–Crippen LogP) is 12.5. The molecule has 0 radical (unpaired) electrons. The van der Waals surface area contributed by atoms with Crippen LogP contribution in [0.15, 0.2) is 24.7 Å². The van der Waals surface area contributed by atoms with Crippen molar-refractivity contribution in [3.63, 3.8) is 0 Å². The van der Waals surface area contributed by atoms with Crippen molar-refractivity contribution in [1.29, 1.82) is 0 Å². The van der Waals surface area contributed by atoms with E-state index in [2.05, 4.69) is 13.8 Å². The Morgan fingerprint density at radius 2 is 0.792 bits per heavy atom. The molecule has 282 valence electrons. The zero-order chi connectivity index (χ0) is 35.4. The largest absolute Gasteiger partial charge is 0.435 e. The highest BCUT2D eigenvalue weighted by Gasteiger charge is 2.35. The highest BCUT2D eigenvalue weighted by atomic mass is 32.2. The van der Waals surface area contributed by atoms with E-state index in [4.69, 9.17) is 9.47 Å². The Labute approximate surface area is 296 Å². The molecule has 0 aromatic rings. The fourth-order valence-corrected chi connectivity index (χ4v) is 6.52. The molecular weight excluding hydrogens is 625 g/mol. The third kappa shape index (κ3) is 32.9. The summed E-state index contributed by atoms with van der Waals surface area (Å²) in [6.07, 6.45) is 42.3. The molecule has 0 amide bonds. The van der Waals surface area contributed by atoms with Crippen LogP contribution in [0.1, 0.15) is 213 Å². The summed E-state index contributed by atoms with van der Waals surface area (Å²) in [7, 11) is -4.83. The van der Waals surface area contributed by atoms with Gasteiger partial charge in [-0.15, -0.1) is 0 Å². The third-order valence-electron chi connectivity index (χ3n) is 9.00. The van der Waals surface area contributed by atoms with Crippen molar-refractivity contribution in [3.8, 4) is 0 Å². The van der Waals surface area contributed by atoms with Gasteiger partial charge in [0.2, 0.25) is 0 Å². The Hall–Kier alpha value is -1.67. The summed E-state index contributed by atoms with van der Waals surface area (Å²) in [5.74, 6) is -2.11. The molecule has 0 rings (SSSR count). The number of hydrogen-bond donors (Lipinski definition) is 1. The van der Waals surface area contributed by atoms with E-state index in [9.17, 15) is 22.6 Å². The molecule has 0 aliphatic heterocycles. The van der Waals surface area contributed by atoms with E-state index in [1.54, 1.807) is 12.2 Å². The summed E-state index contributed by atoms with van der Waals surface area (Å²) in [5, 5.41) is -2.02. The van der Waals surface area contributed by atoms with Crippen molar-refractivity contribution in [1.82, 2.24) is 0 Å². The minimum Gasteiger partial charge on any atom is -0.435 e. The van der Waals surface area contributed by atoms with Crippen LogP contribution in [-0.4, -0.2) is 30.2 Å². The van der Waals surface area contributed by atoms with E-state index < -0.39 is 33.7 Å². The fraction of sp³-hybridized carbons (Fsp3) is 0.850. The molecule has 0 heterocycles.